The molecule has 19 heavy (non-hydrogen) atoms. The minimum Gasteiger partial charge on any atom is -0.478 e. The number of carbonyl (C=O) groups excluding carboxylic acids is 1. The van der Waals surface area contributed by atoms with Crippen molar-refractivity contribution in [2.45, 2.75) is 26.4 Å². The molecule has 0 heterocycles. The maximum Gasteiger partial charge on any atom is 0.335 e. The highest BCUT2D eigenvalue weighted by Gasteiger charge is 2.25. The lowest BCUT2D eigenvalue weighted by Crippen LogP contribution is -2.44. The normalized spacial score (nSPS) is 13.9. The molecule has 0 fully saturated rings. The van der Waals surface area contributed by atoms with Gasteiger partial charge in [-0.15, -0.1) is 0 Å². The minimum atomic E-state index is -1.08. The minimum absolute atomic E-state index is 0.00171. The van der Waals surface area contributed by atoms with Crippen molar-refractivity contribution >= 4 is 11.9 Å². The van der Waals surface area contributed by atoms with E-state index in [1.165, 1.54) is 24.3 Å². The molecule has 0 aliphatic carbocycles. The lowest BCUT2D eigenvalue weighted by molar-refractivity contribution is 0.0142. The molecule has 5 nitrogen and oxygen atoms in total. The van der Waals surface area contributed by atoms with Gasteiger partial charge in [-0.3, -0.25) is 4.79 Å². The van der Waals surface area contributed by atoms with E-state index < -0.39 is 17.5 Å². The number of rotatable bonds is 5. The fourth-order valence-corrected chi connectivity index (χ4v) is 1.36. The van der Waals surface area contributed by atoms with Gasteiger partial charge < -0.3 is 15.5 Å². The Labute approximate surface area is 112 Å². The first kappa shape index (κ1) is 15.2. The van der Waals surface area contributed by atoms with Crippen molar-refractivity contribution in [1.82, 2.24) is 5.32 Å². The van der Waals surface area contributed by atoms with Crippen LogP contribution < -0.4 is 5.32 Å². The Kier molecular flexibility index (Phi) is 4.67. The molecule has 1 atom stereocenters. The Morgan fingerprint density at radius 3 is 2.42 bits per heavy atom. The van der Waals surface area contributed by atoms with E-state index in [-0.39, 0.29) is 23.6 Å². The third kappa shape index (κ3) is 4.06. The standard InChI is InChI=1S/C14H19NO4/c1-9(2)14(3,19)8-15-12(16)10-5-4-6-11(7-10)13(17)18/h4-7,9,19H,8H2,1-3H3,(H,15,16)(H,17,18). The van der Waals surface area contributed by atoms with Gasteiger partial charge in [-0.1, -0.05) is 19.9 Å². The summed E-state index contributed by atoms with van der Waals surface area (Å²) in [7, 11) is 0. The molecule has 0 aliphatic rings. The van der Waals surface area contributed by atoms with Crippen molar-refractivity contribution in [2.24, 2.45) is 5.92 Å². The van der Waals surface area contributed by atoms with Crippen LogP contribution >= 0.6 is 0 Å². The number of aromatic carboxylic acids is 1. The van der Waals surface area contributed by atoms with Crippen LogP contribution in [-0.2, 0) is 0 Å². The zero-order chi connectivity index (χ0) is 14.6. The Balaban J connectivity index is 2.74. The Morgan fingerprint density at radius 1 is 1.32 bits per heavy atom. The van der Waals surface area contributed by atoms with Gasteiger partial charge >= 0.3 is 5.97 Å². The molecule has 0 aromatic heterocycles. The van der Waals surface area contributed by atoms with E-state index in [1.54, 1.807) is 6.92 Å². The fraction of sp³-hybridized carbons (Fsp3) is 0.429. The second-order valence-electron chi connectivity index (χ2n) is 5.08. The zero-order valence-electron chi connectivity index (χ0n) is 11.3. The van der Waals surface area contributed by atoms with E-state index in [2.05, 4.69) is 5.32 Å². The maximum absolute atomic E-state index is 11.9. The van der Waals surface area contributed by atoms with Crippen LogP contribution in [0.2, 0.25) is 0 Å². The second-order valence-corrected chi connectivity index (χ2v) is 5.08. The van der Waals surface area contributed by atoms with Crippen molar-refractivity contribution < 1.29 is 19.8 Å². The predicted octanol–water partition coefficient (Wildman–Crippen LogP) is 1.52. The maximum atomic E-state index is 11.9. The summed E-state index contributed by atoms with van der Waals surface area (Å²) in [5.41, 5.74) is -0.678. The third-order valence-electron chi connectivity index (χ3n) is 3.22. The topological polar surface area (TPSA) is 86.6 Å². The number of carbonyl (C=O) groups is 2. The highest BCUT2D eigenvalue weighted by molar-refractivity contribution is 5.97. The summed E-state index contributed by atoms with van der Waals surface area (Å²) in [6.45, 7) is 5.47. The first-order valence-electron chi connectivity index (χ1n) is 6.08. The van der Waals surface area contributed by atoms with Crippen molar-refractivity contribution in [3.63, 3.8) is 0 Å². The van der Waals surface area contributed by atoms with Crippen molar-refractivity contribution in [3.8, 4) is 0 Å². The molecule has 5 heteroatoms. The molecule has 0 bridgehead atoms. The quantitative estimate of drug-likeness (QED) is 0.753. The number of hydrogen-bond donors (Lipinski definition) is 3. The number of carboxylic acids is 1. The van der Waals surface area contributed by atoms with Crippen LogP contribution in [0.4, 0.5) is 0 Å². The molecule has 1 rings (SSSR count). The number of benzene rings is 1. The fourth-order valence-electron chi connectivity index (χ4n) is 1.36. The molecule has 0 aliphatic heterocycles. The molecular formula is C14H19NO4. The van der Waals surface area contributed by atoms with Crippen molar-refractivity contribution in [2.75, 3.05) is 6.54 Å². The Morgan fingerprint density at radius 2 is 1.89 bits per heavy atom. The van der Waals surface area contributed by atoms with E-state index in [0.717, 1.165) is 0 Å². The SMILES string of the molecule is CC(C)C(C)(O)CNC(=O)c1cccc(C(=O)O)c1. The van der Waals surface area contributed by atoms with Gasteiger partial charge in [-0.05, 0) is 31.0 Å². The molecule has 1 amide bonds. The van der Waals surface area contributed by atoms with E-state index >= 15 is 0 Å². The summed E-state index contributed by atoms with van der Waals surface area (Å²) < 4.78 is 0. The molecule has 0 radical (unpaired) electrons. The number of carboxylic acid groups (broad SMARTS) is 1. The summed E-state index contributed by atoms with van der Waals surface area (Å²) in [4.78, 5) is 22.7. The summed E-state index contributed by atoms with van der Waals surface area (Å²) in [5.74, 6) is -1.48. The first-order chi connectivity index (χ1) is 8.74. The van der Waals surface area contributed by atoms with Gasteiger partial charge in [0.05, 0.1) is 11.2 Å². The number of aliphatic hydroxyl groups is 1. The molecule has 0 saturated heterocycles. The van der Waals surface area contributed by atoms with Crippen LogP contribution in [0.25, 0.3) is 0 Å². The van der Waals surface area contributed by atoms with Gasteiger partial charge in [0, 0.05) is 12.1 Å². The average molecular weight is 265 g/mol. The highest BCUT2D eigenvalue weighted by atomic mass is 16.4. The van der Waals surface area contributed by atoms with Crippen LogP contribution in [-0.4, -0.2) is 34.2 Å². The summed E-state index contributed by atoms with van der Waals surface area (Å²) in [6.07, 6.45) is 0. The molecular weight excluding hydrogens is 246 g/mol. The first-order valence-corrected chi connectivity index (χ1v) is 6.08. The number of amides is 1. The third-order valence-corrected chi connectivity index (χ3v) is 3.22. The second kappa shape index (κ2) is 5.84. The van der Waals surface area contributed by atoms with Gasteiger partial charge in [-0.25, -0.2) is 4.79 Å². The summed E-state index contributed by atoms with van der Waals surface area (Å²) in [6, 6.07) is 5.77. The lowest BCUT2D eigenvalue weighted by Gasteiger charge is -2.27. The monoisotopic (exact) mass is 265 g/mol. The molecule has 1 aromatic carbocycles. The Bertz CT molecular complexity index is 480. The molecule has 1 unspecified atom stereocenters. The van der Waals surface area contributed by atoms with E-state index in [1.807, 2.05) is 13.8 Å². The predicted molar refractivity (Wildman–Crippen MR) is 71.2 cm³/mol. The van der Waals surface area contributed by atoms with Gasteiger partial charge in [-0.2, -0.15) is 0 Å². The average Bonchev–Trinajstić information content (AvgIpc) is 2.36. The Hall–Kier alpha value is -1.88. The van der Waals surface area contributed by atoms with Crippen LogP contribution in [0.15, 0.2) is 24.3 Å². The smallest absolute Gasteiger partial charge is 0.335 e. The van der Waals surface area contributed by atoms with Crippen LogP contribution in [0.3, 0.4) is 0 Å². The van der Waals surface area contributed by atoms with Gasteiger partial charge in [0.15, 0.2) is 0 Å². The van der Waals surface area contributed by atoms with Crippen molar-refractivity contribution in [3.05, 3.63) is 35.4 Å². The van der Waals surface area contributed by atoms with E-state index in [0.29, 0.717) is 0 Å². The molecule has 0 saturated carbocycles. The van der Waals surface area contributed by atoms with Gasteiger partial charge in [0.25, 0.3) is 5.91 Å². The van der Waals surface area contributed by atoms with Gasteiger partial charge in [0.2, 0.25) is 0 Å². The number of nitrogens with one attached hydrogen (secondary N) is 1. The van der Waals surface area contributed by atoms with Crippen LogP contribution in [0.1, 0.15) is 41.5 Å². The van der Waals surface area contributed by atoms with Gasteiger partial charge in [0.1, 0.15) is 0 Å². The van der Waals surface area contributed by atoms with Crippen molar-refractivity contribution in [1.29, 1.82) is 0 Å². The largest absolute Gasteiger partial charge is 0.478 e. The molecule has 3 N–H and O–H groups in total. The lowest BCUT2D eigenvalue weighted by atomic mass is 9.92. The molecule has 104 valence electrons. The molecule has 1 aromatic rings. The highest BCUT2D eigenvalue weighted by Crippen LogP contribution is 2.15. The number of hydrogen-bond acceptors (Lipinski definition) is 3. The zero-order valence-corrected chi connectivity index (χ0v) is 11.3. The summed E-state index contributed by atoms with van der Waals surface area (Å²) >= 11 is 0. The van der Waals surface area contributed by atoms with Crippen LogP contribution in [0, 0.1) is 5.92 Å². The van der Waals surface area contributed by atoms with E-state index in [4.69, 9.17) is 5.11 Å². The molecule has 0 spiro atoms. The summed E-state index contributed by atoms with van der Waals surface area (Å²) in [5, 5.41) is 21.5. The van der Waals surface area contributed by atoms with E-state index in [9.17, 15) is 14.7 Å². The van der Waals surface area contributed by atoms with Crippen LogP contribution in [0.5, 0.6) is 0 Å².